The molecule has 1 amide bonds. The Hall–Kier alpha value is -1.17. The van der Waals surface area contributed by atoms with Crippen LogP contribution in [0.2, 0.25) is 0 Å². The van der Waals surface area contributed by atoms with Gasteiger partial charge in [-0.3, -0.25) is 4.79 Å². The van der Waals surface area contributed by atoms with Gasteiger partial charge in [-0.15, -0.1) is 10.2 Å². The molecule has 2 N–H and O–H groups in total. The molecule has 0 bridgehead atoms. The van der Waals surface area contributed by atoms with E-state index in [0.29, 0.717) is 13.0 Å². The Bertz CT molecular complexity index is 273. The molecular formula is C6H8N4OS. The summed E-state index contributed by atoms with van der Waals surface area (Å²) < 4.78 is 0. The number of nitrogens with one attached hydrogen (secondary N) is 2. The fraction of sp³-hybridized carbons (Fsp3) is 0.500. The van der Waals surface area contributed by atoms with E-state index in [0.717, 1.165) is 5.13 Å². The largest absolute Gasteiger partial charge is 0.355 e. The monoisotopic (exact) mass is 184 g/mol. The van der Waals surface area contributed by atoms with Gasteiger partial charge in [0, 0.05) is 13.0 Å². The molecule has 2 rings (SSSR count). The molecule has 12 heavy (non-hydrogen) atoms. The predicted octanol–water partition coefficient (Wildman–Crippen LogP) is -0.162. The van der Waals surface area contributed by atoms with Crippen molar-refractivity contribution >= 4 is 22.4 Å². The zero-order valence-corrected chi connectivity index (χ0v) is 7.10. The van der Waals surface area contributed by atoms with Gasteiger partial charge < -0.3 is 10.6 Å². The van der Waals surface area contributed by atoms with Crippen molar-refractivity contribution in [3.8, 4) is 0 Å². The number of aromatic nitrogens is 2. The summed E-state index contributed by atoms with van der Waals surface area (Å²) in [5.74, 6) is 0.0945. The number of hydrogen-bond acceptors (Lipinski definition) is 5. The van der Waals surface area contributed by atoms with E-state index >= 15 is 0 Å². The van der Waals surface area contributed by atoms with Gasteiger partial charge in [-0.2, -0.15) is 0 Å². The Morgan fingerprint density at radius 2 is 2.67 bits per heavy atom. The van der Waals surface area contributed by atoms with Gasteiger partial charge in [0.05, 0.1) is 6.04 Å². The quantitative estimate of drug-likeness (QED) is 0.670. The van der Waals surface area contributed by atoms with E-state index in [1.165, 1.54) is 11.3 Å². The van der Waals surface area contributed by atoms with Gasteiger partial charge in [0.2, 0.25) is 11.0 Å². The summed E-state index contributed by atoms with van der Waals surface area (Å²) in [7, 11) is 0. The minimum Gasteiger partial charge on any atom is -0.355 e. The highest BCUT2D eigenvalue weighted by Gasteiger charge is 2.21. The Kier molecular flexibility index (Phi) is 1.91. The van der Waals surface area contributed by atoms with E-state index in [1.807, 2.05) is 0 Å². The Morgan fingerprint density at radius 1 is 1.75 bits per heavy atom. The molecule has 64 valence electrons. The van der Waals surface area contributed by atoms with Crippen molar-refractivity contribution in [3.63, 3.8) is 0 Å². The van der Waals surface area contributed by atoms with Crippen LogP contribution in [0.4, 0.5) is 5.13 Å². The molecule has 2 heterocycles. The van der Waals surface area contributed by atoms with Gasteiger partial charge >= 0.3 is 0 Å². The first-order chi connectivity index (χ1) is 5.84. The van der Waals surface area contributed by atoms with E-state index in [-0.39, 0.29) is 11.9 Å². The van der Waals surface area contributed by atoms with Crippen LogP contribution in [0.25, 0.3) is 0 Å². The molecule has 0 radical (unpaired) electrons. The van der Waals surface area contributed by atoms with E-state index in [2.05, 4.69) is 20.8 Å². The fourth-order valence-electron chi connectivity index (χ4n) is 1.12. The van der Waals surface area contributed by atoms with Crippen molar-refractivity contribution in [1.29, 1.82) is 0 Å². The highest BCUT2D eigenvalue weighted by atomic mass is 32.1. The zero-order chi connectivity index (χ0) is 8.39. The van der Waals surface area contributed by atoms with Gasteiger partial charge in [0.25, 0.3) is 0 Å². The van der Waals surface area contributed by atoms with Crippen LogP contribution in [0, 0.1) is 0 Å². The lowest BCUT2D eigenvalue weighted by molar-refractivity contribution is -0.119. The molecule has 6 heteroatoms. The molecule has 1 aromatic rings. The lowest BCUT2D eigenvalue weighted by Crippen LogP contribution is -2.22. The Morgan fingerprint density at radius 3 is 3.25 bits per heavy atom. The number of hydrogen-bond donors (Lipinski definition) is 2. The van der Waals surface area contributed by atoms with Crippen molar-refractivity contribution in [2.75, 3.05) is 11.9 Å². The summed E-state index contributed by atoms with van der Waals surface area (Å²) in [5, 5.41) is 14.1. The molecule has 0 saturated carbocycles. The number of amides is 1. The van der Waals surface area contributed by atoms with Gasteiger partial charge in [-0.1, -0.05) is 11.3 Å². The zero-order valence-electron chi connectivity index (χ0n) is 6.28. The Labute approximate surface area is 73.2 Å². The molecule has 1 fully saturated rings. The second-order valence-electron chi connectivity index (χ2n) is 2.59. The molecule has 1 unspecified atom stereocenters. The standard InChI is InChI=1S/C6H8N4OS/c11-5-1-4(2-7-5)9-6-10-8-3-12-6/h3-4H,1-2H2,(H,7,11)(H,9,10). The minimum atomic E-state index is 0.0945. The second-order valence-corrected chi connectivity index (χ2v) is 3.43. The van der Waals surface area contributed by atoms with Crippen LogP contribution < -0.4 is 10.6 Å². The molecule has 1 saturated heterocycles. The van der Waals surface area contributed by atoms with E-state index < -0.39 is 0 Å². The molecule has 0 aromatic carbocycles. The summed E-state index contributed by atoms with van der Waals surface area (Å²) in [5.41, 5.74) is 1.66. The first kappa shape index (κ1) is 7.48. The molecular weight excluding hydrogens is 176 g/mol. The Balaban J connectivity index is 1.92. The third-order valence-electron chi connectivity index (χ3n) is 1.67. The van der Waals surface area contributed by atoms with Crippen molar-refractivity contribution in [1.82, 2.24) is 15.5 Å². The number of anilines is 1. The molecule has 0 aliphatic carbocycles. The molecule has 1 aliphatic rings. The molecule has 5 nitrogen and oxygen atoms in total. The van der Waals surface area contributed by atoms with Crippen LogP contribution >= 0.6 is 11.3 Å². The van der Waals surface area contributed by atoms with Crippen molar-refractivity contribution in [2.45, 2.75) is 12.5 Å². The smallest absolute Gasteiger partial charge is 0.222 e. The first-order valence-electron chi connectivity index (χ1n) is 3.64. The van der Waals surface area contributed by atoms with Crippen molar-refractivity contribution in [3.05, 3.63) is 5.51 Å². The lowest BCUT2D eigenvalue weighted by atomic mass is 10.3. The maximum Gasteiger partial charge on any atom is 0.222 e. The lowest BCUT2D eigenvalue weighted by Gasteiger charge is -2.06. The topological polar surface area (TPSA) is 66.9 Å². The van der Waals surface area contributed by atoms with E-state index in [9.17, 15) is 4.79 Å². The number of carbonyl (C=O) groups is 1. The number of carbonyl (C=O) groups excluding carboxylic acids is 1. The van der Waals surface area contributed by atoms with Gasteiger partial charge in [-0.25, -0.2) is 0 Å². The molecule has 1 aromatic heterocycles. The van der Waals surface area contributed by atoms with E-state index in [4.69, 9.17) is 0 Å². The normalized spacial score (nSPS) is 22.3. The number of nitrogens with zero attached hydrogens (tertiary/aromatic N) is 2. The fourth-order valence-corrected chi connectivity index (χ4v) is 1.64. The SMILES string of the molecule is O=C1CC(Nc2nncs2)CN1. The van der Waals surface area contributed by atoms with Crippen LogP contribution in [0.15, 0.2) is 5.51 Å². The predicted molar refractivity (Wildman–Crippen MR) is 44.9 cm³/mol. The second kappa shape index (κ2) is 3.06. The highest BCUT2D eigenvalue weighted by Crippen LogP contribution is 2.12. The summed E-state index contributed by atoms with van der Waals surface area (Å²) in [6, 6.07) is 0.172. The van der Waals surface area contributed by atoms with Crippen molar-refractivity contribution in [2.24, 2.45) is 0 Å². The maximum atomic E-state index is 10.8. The summed E-state index contributed by atoms with van der Waals surface area (Å²) >= 11 is 1.44. The summed E-state index contributed by atoms with van der Waals surface area (Å²) in [6.07, 6.45) is 0.527. The van der Waals surface area contributed by atoms with Gasteiger partial charge in [0.1, 0.15) is 5.51 Å². The van der Waals surface area contributed by atoms with Crippen LogP contribution in [0.1, 0.15) is 6.42 Å². The maximum absolute atomic E-state index is 10.8. The summed E-state index contributed by atoms with van der Waals surface area (Å²) in [6.45, 7) is 0.679. The van der Waals surface area contributed by atoms with Crippen LogP contribution in [0.3, 0.4) is 0 Å². The van der Waals surface area contributed by atoms with Gasteiger partial charge in [0.15, 0.2) is 0 Å². The van der Waals surface area contributed by atoms with Crippen LogP contribution in [-0.2, 0) is 4.79 Å². The van der Waals surface area contributed by atoms with E-state index in [1.54, 1.807) is 5.51 Å². The molecule has 0 spiro atoms. The van der Waals surface area contributed by atoms with Crippen molar-refractivity contribution < 1.29 is 4.79 Å². The highest BCUT2D eigenvalue weighted by molar-refractivity contribution is 7.13. The average molecular weight is 184 g/mol. The van der Waals surface area contributed by atoms with Gasteiger partial charge in [-0.05, 0) is 0 Å². The third kappa shape index (κ3) is 1.53. The van der Waals surface area contributed by atoms with Crippen LogP contribution in [0.5, 0.6) is 0 Å². The number of rotatable bonds is 2. The summed E-state index contributed by atoms with van der Waals surface area (Å²) in [4.78, 5) is 10.8. The third-order valence-corrected chi connectivity index (χ3v) is 2.29. The first-order valence-corrected chi connectivity index (χ1v) is 4.52. The minimum absolute atomic E-state index is 0.0945. The molecule has 1 aliphatic heterocycles. The average Bonchev–Trinajstić information content (AvgIpc) is 2.63. The van der Waals surface area contributed by atoms with Crippen LogP contribution in [-0.4, -0.2) is 28.7 Å². The molecule has 1 atom stereocenters.